The van der Waals surface area contributed by atoms with Gasteiger partial charge in [0.1, 0.15) is 0 Å². The van der Waals surface area contributed by atoms with E-state index in [-0.39, 0.29) is 6.54 Å². The van der Waals surface area contributed by atoms with Crippen LogP contribution < -0.4 is 0 Å². The summed E-state index contributed by atoms with van der Waals surface area (Å²) in [6.45, 7) is 2.42. The van der Waals surface area contributed by atoms with Crippen LogP contribution in [0.1, 0.15) is 55.8 Å². The number of hydrogen-bond acceptors (Lipinski definition) is 5. The van der Waals surface area contributed by atoms with E-state index >= 15 is 0 Å². The van der Waals surface area contributed by atoms with Gasteiger partial charge in [0.2, 0.25) is 0 Å². The monoisotopic (exact) mass is 361 g/mol. The molecule has 0 N–H and O–H groups in total. The molecule has 6 nitrogen and oxygen atoms in total. The third-order valence-corrected chi connectivity index (χ3v) is 3.73. The average Bonchev–Trinajstić information content (AvgIpc) is 2.67. The molecule has 1 amide bonds. The maximum atomic E-state index is 12.3. The number of esters is 1. The molecule has 26 heavy (non-hydrogen) atoms. The van der Waals surface area contributed by atoms with Crippen molar-refractivity contribution in [3.63, 3.8) is 0 Å². The van der Waals surface area contributed by atoms with Gasteiger partial charge in [0, 0.05) is 12.2 Å². The zero-order chi connectivity index (χ0) is 19.2. The molecule has 1 rings (SSSR count). The quantitative estimate of drug-likeness (QED) is 0.275. The van der Waals surface area contributed by atoms with Crippen LogP contribution in [0, 0.1) is 0 Å². The van der Waals surface area contributed by atoms with Crippen molar-refractivity contribution in [2.24, 2.45) is 0 Å². The first-order valence-corrected chi connectivity index (χ1v) is 8.93. The van der Waals surface area contributed by atoms with Crippen LogP contribution in [-0.4, -0.2) is 36.6 Å². The Morgan fingerprint density at radius 3 is 2.27 bits per heavy atom. The summed E-state index contributed by atoms with van der Waals surface area (Å²) >= 11 is 0. The zero-order valence-corrected chi connectivity index (χ0v) is 15.5. The number of rotatable bonds is 10. The number of hydrogen-bond donors (Lipinski definition) is 0. The molecule has 0 spiro atoms. The Kier molecular flexibility index (Phi) is 10.5. The van der Waals surface area contributed by atoms with E-state index in [1.807, 2.05) is 0 Å². The van der Waals surface area contributed by atoms with Gasteiger partial charge in [0.25, 0.3) is 5.91 Å². The van der Waals surface area contributed by atoms with Crippen LogP contribution in [0.15, 0.2) is 42.5 Å². The molecule has 0 unspecified atom stereocenters. The number of unbranched alkanes of at least 4 members (excludes halogenated alkanes) is 5. The second-order valence-corrected chi connectivity index (χ2v) is 5.81. The van der Waals surface area contributed by atoms with Crippen LogP contribution in [0.5, 0.6) is 0 Å². The minimum Gasteiger partial charge on any atom is -0.466 e. The fourth-order valence-electron chi connectivity index (χ4n) is 2.25. The van der Waals surface area contributed by atoms with E-state index in [9.17, 15) is 14.4 Å². The van der Waals surface area contributed by atoms with Crippen molar-refractivity contribution in [1.82, 2.24) is 5.06 Å². The van der Waals surface area contributed by atoms with Gasteiger partial charge < -0.3 is 9.57 Å². The summed E-state index contributed by atoms with van der Waals surface area (Å²) in [5.74, 6) is -1.84. The van der Waals surface area contributed by atoms with Gasteiger partial charge in [0.05, 0.1) is 19.2 Å². The minimum atomic E-state index is -0.646. The van der Waals surface area contributed by atoms with Crippen molar-refractivity contribution in [3.05, 3.63) is 48.0 Å². The Bertz CT molecular complexity index is 597. The molecule has 0 atom stereocenters. The second kappa shape index (κ2) is 12.7. The van der Waals surface area contributed by atoms with Gasteiger partial charge in [-0.05, 0) is 18.6 Å². The van der Waals surface area contributed by atoms with Crippen LogP contribution in [0.2, 0.25) is 0 Å². The highest BCUT2D eigenvalue weighted by atomic mass is 16.7. The summed E-state index contributed by atoms with van der Waals surface area (Å²) in [5.41, 5.74) is 0.352. The highest BCUT2D eigenvalue weighted by Crippen LogP contribution is 2.09. The maximum Gasteiger partial charge on any atom is 0.363 e. The van der Waals surface area contributed by atoms with E-state index in [2.05, 4.69) is 11.7 Å². The molecule has 142 valence electrons. The predicted octanol–water partition coefficient (Wildman–Crippen LogP) is 3.68. The van der Waals surface area contributed by atoms with Crippen LogP contribution in [0.4, 0.5) is 0 Å². The molecule has 1 aromatic carbocycles. The Labute approximate surface area is 154 Å². The Balaban J connectivity index is 2.65. The van der Waals surface area contributed by atoms with E-state index < -0.39 is 17.8 Å². The second-order valence-electron chi connectivity index (χ2n) is 5.81. The Hall–Kier alpha value is -2.63. The number of nitrogens with zero attached hydrogens (tertiary/aromatic N) is 1. The van der Waals surface area contributed by atoms with E-state index in [0.29, 0.717) is 12.0 Å². The molecule has 0 bridgehead atoms. The molecule has 0 radical (unpaired) electrons. The van der Waals surface area contributed by atoms with Crippen LogP contribution in [0.25, 0.3) is 0 Å². The molecular formula is C20H27NO5. The van der Waals surface area contributed by atoms with Gasteiger partial charge in [-0.2, -0.15) is 5.06 Å². The van der Waals surface area contributed by atoms with Crippen molar-refractivity contribution < 1.29 is 24.0 Å². The standard InChI is InChI=1S/C20H27NO5/c1-3-4-5-6-7-11-16-21(18(22)14-15-19(23)25-2)26-20(24)17-12-9-8-10-13-17/h8-10,12-15H,3-7,11,16H2,1-2H3/b15-14+. The number of carbonyl (C=O) groups excluding carboxylic acids is 3. The fraction of sp³-hybridized carbons (Fsp3) is 0.450. The molecule has 0 aliphatic rings. The average molecular weight is 361 g/mol. The topological polar surface area (TPSA) is 72.9 Å². The molecule has 0 fully saturated rings. The molecule has 0 aliphatic carbocycles. The van der Waals surface area contributed by atoms with Gasteiger partial charge in [-0.3, -0.25) is 4.79 Å². The lowest BCUT2D eigenvalue weighted by Crippen LogP contribution is -2.33. The van der Waals surface area contributed by atoms with Crippen molar-refractivity contribution in [3.8, 4) is 0 Å². The summed E-state index contributed by atoms with van der Waals surface area (Å²) in [7, 11) is 1.22. The first kappa shape index (κ1) is 21.4. The summed E-state index contributed by atoms with van der Waals surface area (Å²) in [6.07, 6.45) is 8.27. The summed E-state index contributed by atoms with van der Waals surface area (Å²) < 4.78 is 4.46. The third-order valence-electron chi connectivity index (χ3n) is 3.73. The normalized spacial score (nSPS) is 10.5. The number of hydroxylamine groups is 2. The SMILES string of the molecule is CCCCCCCCN(OC(=O)c1ccccc1)C(=O)/C=C/C(=O)OC. The molecule has 0 aromatic heterocycles. The van der Waals surface area contributed by atoms with Crippen molar-refractivity contribution in [2.75, 3.05) is 13.7 Å². The van der Waals surface area contributed by atoms with Crippen LogP contribution in [-0.2, 0) is 19.2 Å². The first-order chi connectivity index (χ1) is 12.6. The highest BCUT2D eigenvalue weighted by Gasteiger charge is 2.18. The number of benzene rings is 1. The molecule has 0 aliphatic heterocycles. The van der Waals surface area contributed by atoms with Crippen molar-refractivity contribution in [2.45, 2.75) is 45.4 Å². The lowest BCUT2D eigenvalue weighted by molar-refractivity contribution is -0.162. The van der Waals surface area contributed by atoms with E-state index in [0.717, 1.165) is 42.9 Å². The lowest BCUT2D eigenvalue weighted by atomic mass is 10.1. The van der Waals surface area contributed by atoms with E-state index in [1.165, 1.54) is 13.5 Å². The molecule has 0 saturated carbocycles. The summed E-state index contributed by atoms with van der Waals surface area (Å²) in [4.78, 5) is 40.8. The third kappa shape index (κ3) is 8.46. The van der Waals surface area contributed by atoms with Crippen molar-refractivity contribution in [1.29, 1.82) is 0 Å². The molecule has 0 saturated heterocycles. The number of amides is 1. The molecule has 6 heteroatoms. The van der Waals surface area contributed by atoms with Crippen LogP contribution in [0.3, 0.4) is 0 Å². The van der Waals surface area contributed by atoms with Gasteiger partial charge in [-0.15, -0.1) is 0 Å². The first-order valence-electron chi connectivity index (χ1n) is 8.93. The predicted molar refractivity (Wildman–Crippen MR) is 98.1 cm³/mol. The number of ether oxygens (including phenoxy) is 1. The summed E-state index contributed by atoms with van der Waals surface area (Å²) in [6, 6.07) is 8.44. The fourth-order valence-corrected chi connectivity index (χ4v) is 2.25. The van der Waals surface area contributed by atoms with Gasteiger partial charge in [-0.25, -0.2) is 9.59 Å². The van der Waals surface area contributed by atoms with E-state index in [4.69, 9.17) is 4.84 Å². The zero-order valence-electron chi connectivity index (χ0n) is 15.5. The smallest absolute Gasteiger partial charge is 0.363 e. The number of methoxy groups -OCH3 is 1. The minimum absolute atomic E-state index is 0.273. The molecule has 0 heterocycles. The Morgan fingerprint density at radius 2 is 1.62 bits per heavy atom. The highest BCUT2D eigenvalue weighted by molar-refractivity contribution is 5.95. The van der Waals surface area contributed by atoms with Crippen LogP contribution >= 0.6 is 0 Å². The lowest BCUT2D eigenvalue weighted by Gasteiger charge is -2.19. The Morgan fingerprint density at radius 1 is 0.962 bits per heavy atom. The largest absolute Gasteiger partial charge is 0.466 e. The summed E-state index contributed by atoms with van der Waals surface area (Å²) in [5, 5.41) is 0.995. The van der Waals surface area contributed by atoms with Gasteiger partial charge in [-0.1, -0.05) is 57.2 Å². The van der Waals surface area contributed by atoms with Crippen molar-refractivity contribution >= 4 is 17.8 Å². The van der Waals surface area contributed by atoms with E-state index in [1.54, 1.807) is 30.3 Å². The molecular weight excluding hydrogens is 334 g/mol. The van der Waals surface area contributed by atoms with Gasteiger partial charge in [0.15, 0.2) is 0 Å². The molecule has 1 aromatic rings. The maximum absolute atomic E-state index is 12.3. The van der Waals surface area contributed by atoms with Gasteiger partial charge >= 0.3 is 11.9 Å². The number of carbonyl (C=O) groups is 3.